The maximum atomic E-state index is 12.2. The van der Waals surface area contributed by atoms with Crippen LogP contribution in [0.4, 0.5) is 0 Å². The van der Waals surface area contributed by atoms with Gasteiger partial charge in [0.1, 0.15) is 0 Å². The third kappa shape index (κ3) is 4.19. The molecule has 1 aliphatic carbocycles. The van der Waals surface area contributed by atoms with Gasteiger partial charge in [-0.3, -0.25) is 9.59 Å². The Morgan fingerprint density at radius 3 is 2.48 bits per heavy atom. The van der Waals surface area contributed by atoms with Gasteiger partial charge in [0.05, 0.1) is 0 Å². The van der Waals surface area contributed by atoms with E-state index in [0.29, 0.717) is 12.5 Å². The van der Waals surface area contributed by atoms with Gasteiger partial charge in [0.15, 0.2) is 0 Å². The number of hydrogen-bond donors (Lipinski definition) is 2. The number of nitrogens with one attached hydrogen (secondary N) is 2. The predicted octanol–water partition coefficient (Wildman–Crippen LogP) is 1.04. The van der Waals surface area contributed by atoms with E-state index >= 15 is 0 Å². The van der Waals surface area contributed by atoms with E-state index in [1.165, 1.54) is 12.8 Å². The van der Waals surface area contributed by atoms with E-state index in [-0.39, 0.29) is 23.8 Å². The first-order chi connectivity index (χ1) is 10.2. The number of likely N-dealkylation sites (tertiary alicyclic amines) is 1. The van der Waals surface area contributed by atoms with Gasteiger partial charge in [0.2, 0.25) is 11.8 Å². The fraction of sp³-hybridized carbons (Fsp3) is 0.875. The minimum Gasteiger partial charge on any atom is -0.353 e. The summed E-state index contributed by atoms with van der Waals surface area (Å²) in [6.45, 7) is 2.70. The fourth-order valence-electron chi connectivity index (χ4n) is 3.40. The van der Waals surface area contributed by atoms with Crippen LogP contribution in [0.5, 0.6) is 0 Å². The van der Waals surface area contributed by atoms with Crippen molar-refractivity contribution in [1.82, 2.24) is 15.5 Å². The summed E-state index contributed by atoms with van der Waals surface area (Å²) in [6, 6.07) is 0.822. The zero-order chi connectivity index (χ0) is 14.7. The number of carbonyl (C=O) groups excluding carboxylic acids is 2. The highest BCUT2D eigenvalue weighted by Crippen LogP contribution is 2.29. The Morgan fingerprint density at radius 2 is 1.86 bits per heavy atom. The Balaban J connectivity index is 1.34. The highest BCUT2D eigenvalue weighted by molar-refractivity contribution is 5.81. The van der Waals surface area contributed by atoms with Crippen LogP contribution in [0.2, 0.25) is 0 Å². The minimum absolute atomic E-state index is 0.229. The van der Waals surface area contributed by atoms with E-state index in [0.717, 1.165) is 51.7 Å². The molecule has 0 aromatic rings. The largest absolute Gasteiger partial charge is 0.353 e. The van der Waals surface area contributed by atoms with E-state index in [1.807, 2.05) is 4.90 Å². The molecule has 1 atom stereocenters. The maximum absolute atomic E-state index is 12.2. The molecule has 0 bridgehead atoms. The van der Waals surface area contributed by atoms with Crippen molar-refractivity contribution in [2.45, 2.75) is 63.5 Å². The molecule has 1 unspecified atom stereocenters. The average molecular weight is 293 g/mol. The lowest BCUT2D eigenvalue weighted by molar-refractivity contribution is -0.132. The number of amides is 2. The summed E-state index contributed by atoms with van der Waals surface area (Å²) in [7, 11) is 0. The van der Waals surface area contributed by atoms with Gasteiger partial charge in [-0.2, -0.15) is 0 Å². The molecule has 2 amide bonds. The van der Waals surface area contributed by atoms with Gasteiger partial charge in [-0.25, -0.2) is 0 Å². The van der Waals surface area contributed by atoms with Crippen LogP contribution in [-0.4, -0.2) is 48.4 Å². The van der Waals surface area contributed by atoms with Crippen LogP contribution in [0.3, 0.4) is 0 Å². The minimum atomic E-state index is 0.229. The number of rotatable bonds is 5. The number of nitrogens with zero attached hydrogens (tertiary/aromatic N) is 1. The van der Waals surface area contributed by atoms with Crippen molar-refractivity contribution in [3.63, 3.8) is 0 Å². The van der Waals surface area contributed by atoms with Crippen molar-refractivity contribution in [1.29, 1.82) is 0 Å². The van der Waals surface area contributed by atoms with Crippen LogP contribution in [0.1, 0.15) is 51.4 Å². The molecule has 0 aromatic carbocycles. The summed E-state index contributed by atoms with van der Waals surface area (Å²) < 4.78 is 0. The third-order valence-corrected chi connectivity index (χ3v) is 5.01. The zero-order valence-corrected chi connectivity index (χ0v) is 12.8. The SMILES string of the molecule is O=C(NC1CCN(C(=O)CCC2CCCN2)CC1)C1CC1. The maximum Gasteiger partial charge on any atom is 0.223 e. The molecule has 2 heterocycles. The normalized spacial score (nSPS) is 26.9. The third-order valence-electron chi connectivity index (χ3n) is 5.01. The van der Waals surface area contributed by atoms with E-state index in [9.17, 15) is 9.59 Å². The van der Waals surface area contributed by atoms with Gasteiger partial charge < -0.3 is 15.5 Å². The molecule has 3 aliphatic rings. The zero-order valence-electron chi connectivity index (χ0n) is 12.8. The second-order valence-corrected chi connectivity index (χ2v) is 6.77. The summed E-state index contributed by atoms with van der Waals surface area (Å²) in [5, 5.41) is 6.57. The first kappa shape index (κ1) is 14.8. The molecular formula is C16H27N3O2. The van der Waals surface area contributed by atoms with Crippen LogP contribution in [0, 0.1) is 5.92 Å². The summed E-state index contributed by atoms with van der Waals surface area (Å²) in [5.41, 5.74) is 0. The first-order valence-electron chi connectivity index (χ1n) is 8.54. The molecule has 1 saturated carbocycles. The van der Waals surface area contributed by atoms with Crippen LogP contribution in [0.15, 0.2) is 0 Å². The average Bonchev–Trinajstić information content (AvgIpc) is 3.23. The smallest absolute Gasteiger partial charge is 0.223 e. The predicted molar refractivity (Wildman–Crippen MR) is 80.7 cm³/mol. The van der Waals surface area contributed by atoms with E-state index < -0.39 is 0 Å². The highest BCUT2D eigenvalue weighted by Gasteiger charge is 2.32. The Kier molecular flexibility index (Phi) is 4.78. The first-order valence-corrected chi connectivity index (χ1v) is 8.54. The van der Waals surface area contributed by atoms with Crippen LogP contribution in [-0.2, 0) is 9.59 Å². The Hall–Kier alpha value is -1.10. The topological polar surface area (TPSA) is 61.4 Å². The van der Waals surface area contributed by atoms with E-state index in [1.54, 1.807) is 0 Å². The monoisotopic (exact) mass is 293 g/mol. The van der Waals surface area contributed by atoms with Gasteiger partial charge >= 0.3 is 0 Å². The van der Waals surface area contributed by atoms with Crippen molar-refractivity contribution < 1.29 is 9.59 Å². The molecule has 2 saturated heterocycles. The fourth-order valence-corrected chi connectivity index (χ4v) is 3.40. The number of piperidine rings is 1. The molecule has 0 aromatic heterocycles. The molecular weight excluding hydrogens is 266 g/mol. The quantitative estimate of drug-likeness (QED) is 0.796. The van der Waals surface area contributed by atoms with Crippen molar-refractivity contribution in [3.8, 4) is 0 Å². The molecule has 5 heteroatoms. The van der Waals surface area contributed by atoms with Gasteiger partial charge in [0.25, 0.3) is 0 Å². The molecule has 0 radical (unpaired) electrons. The second-order valence-electron chi connectivity index (χ2n) is 6.77. The van der Waals surface area contributed by atoms with Crippen molar-refractivity contribution >= 4 is 11.8 Å². The molecule has 2 N–H and O–H groups in total. The van der Waals surface area contributed by atoms with Crippen molar-refractivity contribution in [2.24, 2.45) is 5.92 Å². The molecule has 3 fully saturated rings. The van der Waals surface area contributed by atoms with Gasteiger partial charge in [-0.1, -0.05) is 0 Å². The Labute approximate surface area is 126 Å². The van der Waals surface area contributed by atoms with Crippen LogP contribution >= 0.6 is 0 Å². The second kappa shape index (κ2) is 6.77. The van der Waals surface area contributed by atoms with Crippen molar-refractivity contribution in [3.05, 3.63) is 0 Å². The van der Waals surface area contributed by atoms with Crippen molar-refractivity contribution in [2.75, 3.05) is 19.6 Å². The lowest BCUT2D eigenvalue weighted by Gasteiger charge is -2.32. The molecule has 2 aliphatic heterocycles. The summed E-state index contributed by atoms with van der Waals surface area (Å²) in [4.78, 5) is 25.9. The summed E-state index contributed by atoms with van der Waals surface area (Å²) >= 11 is 0. The van der Waals surface area contributed by atoms with Crippen LogP contribution in [0.25, 0.3) is 0 Å². The summed E-state index contributed by atoms with van der Waals surface area (Å²) in [6.07, 6.45) is 8.01. The lowest BCUT2D eigenvalue weighted by atomic mass is 10.0. The van der Waals surface area contributed by atoms with Gasteiger partial charge in [-0.05, 0) is 51.5 Å². The standard InChI is InChI=1S/C16H27N3O2/c20-15(6-5-13-2-1-9-17-13)19-10-7-14(8-11-19)18-16(21)12-3-4-12/h12-14,17H,1-11H2,(H,18,21). The number of hydrogen-bond acceptors (Lipinski definition) is 3. The lowest BCUT2D eigenvalue weighted by Crippen LogP contribution is -2.47. The molecule has 21 heavy (non-hydrogen) atoms. The van der Waals surface area contributed by atoms with Gasteiger partial charge in [-0.15, -0.1) is 0 Å². The molecule has 118 valence electrons. The molecule has 5 nitrogen and oxygen atoms in total. The van der Waals surface area contributed by atoms with E-state index in [4.69, 9.17) is 0 Å². The molecule has 0 spiro atoms. The van der Waals surface area contributed by atoms with Crippen LogP contribution < -0.4 is 10.6 Å². The molecule has 3 rings (SSSR count). The Bertz CT molecular complexity index is 381. The number of carbonyl (C=O) groups is 2. The summed E-state index contributed by atoms with van der Waals surface area (Å²) in [5.74, 6) is 0.798. The highest BCUT2D eigenvalue weighted by atomic mass is 16.2. The van der Waals surface area contributed by atoms with Gasteiger partial charge in [0, 0.05) is 37.5 Å². The van der Waals surface area contributed by atoms with E-state index in [2.05, 4.69) is 10.6 Å². The Morgan fingerprint density at radius 1 is 1.10 bits per heavy atom.